The second-order valence-corrected chi connectivity index (χ2v) is 7.32. The lowest BCUT2D eigenvalue weighted by molar-refractivity contribution is 0.0895. The van der Waals surface area contributed by atoms with Crippen LogP contribution in [0.15, 0.2) is 18.2 Å². The predicted octanol–water partition coefficient (Wildman–Crippen LogP) is 4.06. The van der Waals surface area contributed by atoms with E-state index in [1.807, 2.05) is 18.2 Å². The van der Waals surface area contributed by atoms with Crippen molar-refractivity contribution in [2.45, 2.75) is 26.2 Å². The minimum absolute atomic E-state index is 0.0760. The number of nitrogens with two attached hydrogens (primary N) is 1. The Kier molecular flexibility index (Phi) is 3.38. The first-order valence-corrected chi connectivity index (χ1v) is 7.94. The minimum atomic E-state index is -0.0760. The van der Waals surface area contributed by atoms with E-state index in [2.05, 4.69) is 12.2 Å². The smallest absolute Gasteiger partial charge is 0.263 e. The van der Waals surface area contributed by atoms with Gasteiger partial charge in [0, 0.05) is 21.7 Å². The van der Waals surface area contributed by atoms with E-state index in [4.69, 9.17) is 17.3 Å². The number of hydrogen-bond donors (Lipinski definition) is 2. The van der Waals surface area contributed by atoms with Gasteiger partial charge < -0.3 is 11.1 Å². The van der Waals surface area contributed by atoms with Gasteiger partial charge in [0.05, 0.1) is 5.69 Å². The van der Waals surface area contributed by atoms with Crippen molar-refractivity contribution >= 4 is 44.6 Å². The van der Waals surface area contributed by atoms with Gasteiger partial charge in [-0.3, -0.25) is 4.79 Å². The second-order valence-electron chi connectivity index (χ2n) is 5.83. The van der Waals surface area contributed by atoms with Crippen molar-refractivity contribution in [2.24, 2.45) is 5.41 Å². The molecule has 20 heavy (non-hydrogen) atoms. The van der Waals surface area contributed by atoms with Gasteiger partial charge in [-0.1, -0.05) is 24.9 Å². The quantitative estimate of drug-likeness (QED) is 0.898. The van der Waals surface area contributed by atoms with Crippen molar-refractivity contribution in [2.75, 3.05) is 12.3 Å². The molecule has 0 atom stereocenters. The van der Waals surface area contributed by atoms with E-state index >= 15 is 0 Å². The van der Waals surface area contributed by atoms with Crippen LogP contribution in [0.3, 0.4) is 0 Å². The number of carbonyl (C=O) groups is 1. The van der Waals surface area contributed by atoms with Crippen LogP contribution in [-0.2, 0) is 0 Å². The third-order valence-corrected chi connectivity index (χ3v) is 5.55. The summed E-state index contributed by atoms with van der Waals surface area (Å²) in [7, 11) is 0. The monoisotopic (exact) mass is 308 g/mol. The van der Waals surface area contributed by atoms with E-state index in [1.165, 1.54) is 30.6 Å². The van der Waals surface area contributed by atoms with Crippen molar-refractivity contribution in [1.82, 2.24) is 5.32 Å². The molecule has 0 spiro atoms. The number of anilines is 1. The summed E-state index contributed by atoms with van der Waals surface area (Å²) < 4.78 is 0.993. The zero-order valence-electron chi connectivity index (χ0n) is 11.3. The molecule has 3 nitrogen and oxygen atoms in total. The maximum atomic E-state index is 12.3. The molecule has 1 fully saturated rings. The summed E-state index contributed by atoms with van der Waals surface area (Å²) in [6.45, 7) is 2.94. The van der Waals surface area contributed by atoms with Crippen molar-refractivity contribution in [3.05, 3.63) is 28.1 Å². The first kappa shape index (κ1) is 13.7. The van der Waals surface area contributed by atoms with Crippen LogP contribution in [0.25, 0.3) is 10.1 Å². The number of amides is 1. The third kappa shape index (κ3) is 2.38. The first-order chi connectivity index (χ1) is 9.48. The Bertz CT molecular complexity index is 676. The SMILES string of the molecule is CC1(CNC(=O)c2sc3ccc(Cl)cc3c2N)CCC1. The van der Waals surface area contributed by atoms with Gasteiger partial charge in [0.15, 0.2) is 0 Å². The van der Waals surface area contributed by atoms with Gasteiger partial charge in [-0.05, 0) is 36.5 Å². The normalized spacial score (nSPS) is 16.9. The average molecular weight is 309 g/mol. The zero-order valence-corrected chi connectivity index (χ0v) is 12.9. The highest BCUT2D eigenvalue weighted by atomic mass is 35.5. The van der Waals surface area contributed by atoms with Gasteiger partial charge in [0.2, 0.25) is 0 Å². The lowest BCUT2D eigenvalue weighted by atomic mass is 9.70. The number of thiophene rings is 1. The van der Waals surface area contributed by atoms with Crippen LogP contribution < -0.4 is 11.1 Å². The Morgan fingerprint density at radius 3 is 2.90 bits per heavy atom. The Labute approximate surface area is 127 Å². The van der Waals surface area contributed by atoms with Crippen LogP contribution >= 0.6 is 22.9 Å². The van der Waals surface area contributed by atoms with Crippen LogP contribution in [0.4, 0.5) is 5.69 Å². The fraction of sp³-hybridized carbons (Fsp3) is 0.400. The van der Waals surface area contributed by atoms with E-state index < -0.39 is 0 Å². The van der Waals surface area contributed by atoms with Gasteiger partial charge in [-0.2, -0.15) is 0 Å². The molecule has 0 aliphatic heterocycles. The molecule has 5 heteroatoms. The molecule has 0 saturated heterocycles. The molecule has 0 unspecified atom stereocenters. The summed E-state index contributed by atoms with van der Waals surface area (Å²) in [5, 5.41) is 4.51. The van der Waals surface area contributed by atoms with E-state index in [-0.39, 0.29) is 11.3 Å². The first-order valence-electron chi connectivity index (χ1n) is 6.74. The molecule has 2 aromatic rings. The zero-order chi connectivity index (χ0) is 14.3. The molecule has 1 saturated carbocycles. The van der Waals surface area contributed by atoms with Gasteiger partial charge in [-0.25, -0.2) is 0 Å². The van der Waals surface area contributed by atoms with E-state index in [9.17, 15) is 4.79 Å². The molecule has 0 bridgehead atoms. The lowest BCUT2D eigenvalue weighted by Gasteiger charge is -2.38. The average Bonchev–Trinajstić information content (AvgIpc) is 2.71. The Hall–Kier alpha value is -1.26. The molecular formula is C15H17ClN2OS. The number of hydrogen-bond acceptors (Lipinski definition) is 3. The molecule has 1 aromatic heterocycles. The van der Waals surface area contributed by atoms with E-state index in [0.717, 1.165) is 16.6 Å². The van der Waals surface area contributed by atoms with Gasteiger partial charge in [0.1, 0.15) is 4.88 Å². The molecule has 3 rings (SSSR count). The summed E-state index contributed by atoms with van der Waals surface area (Å²) in [4.78, 5) is 12.9. The number of halogens is 1. The summed E-state index contributed by atoms with van der Waals surface area (Å²) >= 11 is 7.40. The number of carbonyl (C=O) groups excluding carboxylic acids is 1. The van der Waals surface area contributed by atoms with Crippen LogP contribution in [0, 0.1) is 5.41 Å². The standard InChI is InChI=1S/C15H17ClN2OS/c1-15(5-2-6-15)8-18-14(19)13-12(17)10-7-9(16)3-4-11(10)20-13/h3-4,7H,2,5-6,8,17H2,1H3,(H,18,19). The van der Waals surface area contributed by atoms with Crippen LogP contribution in [0.5, 0.6) is 0 Å². The fourth-order valence-electron chi connectivity index (χ4n) is 2.59. The van der Waals surface area contributed by atoms with E-state index in [1.54, 1.807) is 0 Å². The van der Waals surface area contributed by atoms with Crippen LogP contribution in [0.1, 0.15) is 35.9 Å². The second kappa shape index (κ2) is 4.93. The maximum absolute atomic E-state index is 12.3. The highest BCUT2D eigenvalue weighted by Gasteiger charge is 2.32. The van der Waals surface area contributed by atoms with Gasteiger partial charge in [0.25, 0.3) is 5.91 Å². The molecule has 1 aromatic carbocycles. The molecule has 106 valence electrons. The van der Waals surface area contributed by atoms with Crippen LogP contribution in [-0.4, -0.2) is 12.5 Å². The highest BCUT2D eigenvalue weighted by molar-refractivity contribution is 7.21. The fourth-order valence-corrected chi connectivity index (χ4v) is 3.78. The number of rotatable bonds is 3. The molecule has 1 heterocycles. The molecule has 3 N–H and O–H groups in total. The number of fused-ring (bicyclic) bond motifs is 1. The van der Waals surface area contributed by atoms with Crippen molar-refractivity contribution in [3.63, 3.8) is 0 Å². The number of benzene rings is 1. The lowest BCUT2D eigenvalue weighted by Crippen LogP contribution is -2.39. The molecular weight excluding hydrogens is 292 g/mol. The summed E-state index contributed by atoms with van der Waals surface area (Å²) in [5.74, 6) is -0.0760. The van der Waals surface area contributed by atoms with Crippen molar-refractivity contribution < 1.29 is 4.79 Å². The minimum Gasteiger partial charge on any atom is -0.397 e. The molecule has 0 radical (unpaired) electrons. The van der Waals surface area contributed by atoms with Crippen LogP contribution in [0.2, 0.25) is 5.02 Å². The van der Waals surface area contributed by atoms with E-state index in [0.29, 0.717) is 15.6 Å². The number of nitrogens with one attached hydrogen (secondary N) is 1. The summed E-state index contributed by atoms with van der Waals surface area (Å²) in [6.07, 6.45) is 3.63. The molecule has 1 aliphatic carbocycles. The molecule has 1 amide bonds. The third-order valence-electron chi connectivity index (χ3n) is 4.13. The predicted molar refractivity (Wildman–Crippen MR) is 85.5 cm³/mol. The maximum Gasteiger partial charge on any atom is 0.263 e. The Balaban J connectivity index is 1.82. The van der Waals surface area contributed by atoms with Gasteiger partial charge >= 0.3 is 0 Å². The highest BCUT2D eigenvalue weighted by Crippen LogP contribution is 2.40. The largest absolute Gasteiger partial charge is 0.397 e. The van der Waals surface area contributed by atoms with Gasteiger partial charge in [-0.15, -0.1) is 11.3 Å². The Morgan fingerprint density at radius 2 is 2.25 bits per heavy atom. The summed E-state index contributed by atoms with van der Waals surface area (Å²) in [5.41, 5.74) is 6.89. The topological polar surface area (TPSA) is 55.1 Å². The Morgan fingerprint density at radius 1 is 1.50 bits per heavy atom. The van der Waals surface area contributed by atoms with Crippen molar-refractivity contribution in [3.8, 4) is 0 Å². The molecule has 1 aliphatic rings. The summed E-state index contributed by atoms with van der Waals surface area (Å²) in [6, 6.07) is 5.53. The number of nitrogen functional groups attached to an aromatic ring is 1. The van der Waals surface area contributed by atoms with Crippen molar-refractivity contribution in [1.29, 1.82) is 0 Å².